The lowest BCUT2D eigenvalue weighted by molar-refractivity contribution is 0.250. The van der Waals surface area contributed by atoms with Gasteiger partial charge in [-0.25, -0.2) is 9.48 Å². The SMILES string of the molecule is CCCCCCCCOc1c/c(=N/C(=O)NC)cnn1-c1ccccc1. The van der Waals surface area contributed by atoms with Gasteiger partial charge in [0, 0.05) is 13.1 Å². The Morgan fingerprint density at radius 3 is 2.62 bits per heavy atom. The summed E-state index contributed by atoms with van der Waals surface area (Å²) in [5, 5.41) is 7.34. The topological polar surface area (TPSA) is 68.5 Å². The fraction of sp³-hybridized carbons (Fsp3) is 0.450. The summed E-state index contributed by atoms with van der Waals surface area (Å²) in [4.78, 5) is 15.4. The first-order valence-corrected chi connectivity index (χ1v) is 9.28. The van der Waals surface area contributed by atoms with E-state index >= 15 is 0 Å². The molecule has 140 valence electrons. The summed E-state index contributed by atoms with van der Waals surface area (Å²) >= 11 is 0. The van der Waals surface area contributed by atoms with Crippen LogP contribution in [0.2, 0.25) is 0 Å². The Balaban J connectivity index is 2.10. The third-order valence-electron chi connectivity index (χ3n) is 3.98. The van der Waals surface area contributed by atoms with E-state index in [0.717, 1.165) is 18.5 Å². The summed E-state index contributed by atoms with van der Waals surface area (Å²) in [6.07, 6.45) is 8.77. The number of unbranched alkanes of at least 4 members (excludes halogenated alkanes) is 5. The zero-order chi connectivity index (χ0) is 18.6. The van der Waals surface area contributed by atoms with Crippen molar-refractivity contribution in [2.24, 2.45) is 4.99 Å². The number of carbonyl (C=O) groups excluding carboxylic acids is 1. The van der Waals surface area contributed by atoms with Crippen LogP contribution in [-0.4, -0.2) is 29.5 Å². The third-order valence-corrected chi connectivity index (χ3v) is 3.98. The van der Waals surface area contributed by atoms with Crippen molar-refractivity contribution in [3.8, 4) is 11.6 Å². The molecule has 0 saturated carbocycles. The first-order chi connectivity index (χ1) is 12.7. The Kier molecular flexibility index (Phi) is 8.39. The summed E-state index contributed by atoms with van der Waals surface area (Å²) in [5.41, 5.74) is 0.900. The Morgan fingerprint density at radius 2 is 1.88 bits per heavy atom. The highest BCUT2D eigenvalue weighted by atomic mass is 16.5. The van der Waals surface area contributed by atoms with Gasteiger partial charge in [-0.1, -0.05) is 57.2 Å². The molecule has 6 nitrogen and oxygen atoms in total. The van der Waals surface area contributed by atoms with Crippen LogP contribution in [0.4, 0.5) is 4.79 Å². The molecular weight excluding hydrogens is 328 g/mol. The number of para-hydroxylation sites is 1. The van der Waals surface area contributed by atoms with Crippen LogP contribution in [0.25, 0.3) is 5.69 Å². The van der Waals surface area contributed by atoms with Crippen LogP contribution in [0.5, 0.6) is 5.88 Å². The number of hydrogen-bond donors (Lipinski definition) is 1. The van der Waals surface area contributed by atoms with Crippen molar-refractivity contribution in [3.05, 3.63) is 48.0 Å². The quantitative estimate of drug-likeness (QED) is 0.694. The van der Waals surface area contributed by atoms with Crippen LogP contribution in [0.3, 0.4) is 0 Å². The van der Waals surface area contributed by atoms with E-state index in [-0.39, 0.29) is 0 Å². The van der Waals surface area contributed by atoms with Crippen LogP contribution in [0.15, 0.2) is 47.6 Å². The standard InChI is InChI=1S/C20H28N4O2/c1-3-4-5-6-7-11-14-26-19-15-17(23-20(25)21-2)16-22-24(19)18-12-9-8-10-13-18/h8-10,12-13,15-16H,3-7,11,14H2,1-2H3,(H,21,25)/b23-17-. The van der Waals surface area contributed by atoms with Gasteiger partial charge in [-0.05, 0) is 18.6 Å². The number of hydrogen-bond acceptors (Lipinski definition) is 3. The van der Waals surface area contributed by atoms with Gasteiger partial charge in [-0.15, -0.1) is 0 Å². The molecule has 1 N–H and O–H groups in total. The molecule has 0 atom stereocenters. The second kappa shape index (κ2) is 11.1. The van der Waals surface area contributed by atoms with Crippen molar-refractivity contribution in [1.29, 1.82) is 0 Å². The minimum Gasteiger partial charge on any atom is -0.478 e. The number of carbonyl (C=O) groups is 1. The Labute approximate surface area is 154 Å². The van der Waals surface area contributed by atoms with Gasteiger partial charge in [0.25, 0.3) is 0 Å². The molecule has 1 heterocycles. The number of urea groups is 1. The molecule has 0 saturated heterocycles. The fourth-order valence-electron chi connectivity index (χ4n) is 2.56. The minimum absolute atomic E-state index is 0.411. The molecule has 2 amide bonds. The molecule has 1 aromatic heterocycles. The summed E-state index contributed by atoms with van der Waals surface area (Å²) in [6, 6.07) is 11.1. The number of nitrogens with zero attached hydrogens (tertiary/aromatic N) is 3. The Morgan fingerprint density at radius 1 is 1.15 bits per heavy atom. The van der Waals surface area contributed by atoms with Crippen LogP contribution >= 0.6 is 0 Å². The predicted molar refractivity (Wildman–Crippen MR) is 102 cm³/mol. The average Bonchev–Trinajstić information content (AvgIpc) is 2.68. The highest BCUT2D eigenvalue weighted by Gasteiger charge is 2.06. The van der Waals surface area contributed by atoms with Crippen LogP contribution < -0.4 is 15.4 Å². The summed E-state index contributed by atoms with van der Waals surface area (Å²) in [5.74, 6) is 0.579. The predicted octanol–water partition coefficient (Wildman–Crippen LogP) is 3.85. The molecule has 0 aliphatic carbocycles. The third kappa shape index (κ3) is 6.35. The largest absolute Gasteiger partial charge is 0.478 e. The van der Waals surface area contributed by atoms with Crippen molar-refractivity contribution >= 4 is 6.03 Å². The monoisotopic (exact) mass is 356 g/mol. The van der Waals surface area contributed by atoms with E-state index in [9.17, 15) is 4.79 Å². The zero-order valence-corrected chi connectivity index (χ0v) is 15.6. The van der Waals surface area contributed by atoms with Gasteiger partial charge in [0.15, 0.2) is 0 Å². The highest BCUT2D eigenvalue weighted by Crippen LogP contribution is 2.15. The molecule has 0 radical (unpaired) electrons. The lowest BCUT2D eigenvalue weighted by Crippen LogP contribution is -2.19. The lowest BCUT2D eigenvalue weighted by atomic mass is 10.1. The molecule has 0 unspecified atom stereocenters. The number of ether oxygens (including phenoxy) is 1. The second-order valence-corrected chi connectivity index (χ2v) is 6.08. The van der Waals surface area contributed by atoms with Gasteiger partial charge in [0.1, 0.15) is 0 Å². The number of aromatic nitrogens is 2. The lowest BCUT2D eigenvalue weighted by Gasteiger charge is -2.13. The van der Waals surface area contributed by atoms with Crippen LogP contribution in [0.1, 0.15) is 45.4 Å². The van der Waals surface area contributed by atoms with E-state index in [1.54, 1.807) is 24.0 Å². The zero-order valence-electron chi connectivity index (χ0n) is 15.6. The van der Waals surface area contributed by atoms with Gasteiger partial charge in [-0.3, -0.25) is 0 Å². The van der Waals surface area contributed by atoms with E-state index in [0.29, 0.717) is 17.8 Å². The molecule has 2 rings (SSSR count). The number of nitrogens with one attached hydrogen (secondary N) is 1. The molecule has 0 fully saturated rings. The van der Waals surface area contributed by atoms with Gasteiger partial charge in [-0.2, -0.15) is 10.1 Å². The van der Waals surface area contributed by atoms with Crippen molar-refractivity contribution in [3.63, 3.8) is 0 Å². The summed E-state index contributed by atoms with van der Waals surface area (Å²) in [6.45, 7) is 2.83. The maximum Gasteiger partial charge on any atom is 0.341 e. The normalized spacial score (nSPS) is 11.4. The number of benzene rings is 1. The molecule has 1 aromatic carbocycles. The molecular formula is C20H28N4O2. The van der Waals surface area contributed by atoms with Gasteiger partial charge >= 0.3 is 6.03 Å². The van der Waals surface area contributed by atoms with E-state index in [4.69, 9.17) is 4.74 Å². The maximum atomic E-state index is 11.5. The smallest absolute Gasteiger partial charge is 0.341 e. The average molecular weight is 356 g/mol. The van der Waals surface area contributed by atoms with Crippen LogP contribution in [-0.2, 0) is 0 Å². The van der Waals surface area contributed by atoms with E-state index in [1.165, 1.54) is 25.7 Å². The second-order valence-electron chi connectivity index (χ2n) is 6.08. The van der Waals surface area contributed by atoms with Crippen molar-refractivity contribution < 1.29 is 9.53 Å². The van der Waals surface area contributed by atoms with Crippen molar-refractivity contribution in [1.82, 2.24) is 15.1 Å². The van der Waals surface area contributed by atoms with E-state index in [2.05, 4.69) is 22.3 Å². The molecule has 0 spiro atoms. The van der Waals surface area contributed by atoms with Gasteiger partial charge < -0.3 is 10.1 Å². The molecule has 26 heavy (non-hydrogen) atoms. The van der Waals surface area contributed by atoms with E-state index in [1.807, 2.05) is 30.3 Å². The molecule has 0 bridgehead atoms. The van der Waals surface area contributed by atoms with Gasteiger partial charge in [0.05, 0.1) is 23.8 Å². The number of rotatable bonds is 9. The minimum atomic E-state index is -0.411. The molecule has 0 aliphatic rings. The van der Waals surface area contributed by atoms with Gasteiger partial charge in [0.2, 0.25) is 5.88 Å². The van der Waals surface area contributed by atoms with E-state index < -0.39 is 6.03 Å². The first kappa shape index (κ1) is 19.7. The molecule has 6 heteroatoms. The van der Waals surface area contributed by atoms with Crippen LogP contribution in [0, 0.1) is 0 Å². The molecule has 2 aromatic rings. The first-order valence-electron chi connectivity index (χ1n) is 9.28. The molecule has 0 aliphatic heterocycles. The fourth-order valence-corrected chi connectivity index (χ4v) is 2.56. The number of amides is 2. The maximum absolute atomic E-state index is 11.5. The Hall–Kier alpha value is -2.63. The summed E-state index contributed by atoms with van der Waals surface area (Å²) < 4.78 is 7.68. The summed E-state index contributed by atoms with van der Waals surface area (Å²) in [7, 11) is 1.54. The van der Waals surface area contributed by atoms with Crippen molar-refractivity contribution in [2.75, 3.05) is 13.7 Å². The highest BCUT2D eigenvalue weighted by molar-refractivity contribution is 5.74. The Bertz CT molecular complexity index is 741. The van der Waals surface area contributed by atoms with Crippen molar-refractivity contribution in [2.45, 2.75) is 45.4 Å².